The summed E-state index contributed by atoms with van der Waals surface area (Å²) in [6, 6.07) is 14.2. The molecule has 0 saturated carbocycles. The van der Waals surface area contributed by atoms with Crippen molar-refractivity contribution >= 4 is 11.4 Å². The lowest BCUT2D eigenvalue weighted by Gasteiger charge is -2.26. The molecule has 0 saturated heterocycles. The number of anilines is 1. The van der Waals surface area contributed by atoms with E-state index in [4.69, 9.17) is 0 Å². The second-order valence-corrected chi connectivity index (χ2v) is 5.24. The molecule has 1 N–H and O–H groups in total. The average molecular weight is 300 g/mol. The van der Waals surface area contributed by atoms with Gasteiger partial charge in [0.15, 0.2) is 0 Å². The first-order chi connectivity index (χ1) is 10.5. The monoisotopic (exact) mass is 300 g/mol. The highest BCUT2D eigenvalue weighted by molar-refractivity contribution is 5.48. The number of non-ortho nitro benzene ring substituents is 1. The van der Waals surface area contributed by atoms with E-state index in [1.165, 1.54) is 17.7 Å². The molecule has 1 atom stereocenters. The predicted molar refractivity (Wildman–Crippen MR) is 87.1 cm³/mol. The summed E-state index contributed by atoms with van der Waals surface area (Å²) in [4.78, 5) is 12.3. The zero-order valence-corrected chi connectivity index (χ0v) is 12.8. The van der Waals surface area contributed by atoms with Crippen LogP contribution in [0.15, 0.2) is 48.5 Å². The maximum Gasteiger partial charge on any atom is 0.269 e. The largest absolute Gasteiger partial charge is 0.387 e. The number of aryl methyl sites for hydroxylation is 1. The molecule has 1 unspecified atom stereocenters. The molecule has 0 radical (unpaired) electrons. The van der Waals surface area contributed by atoms with Crippen LogP contribution < -0.4 is 4.90 Å². The Labute approximate surface area is 130 Å². The van der Waals surface area contributed by atoms with Crippen molar-refractivity contribution < 1.29 is 10.0 Å². The quantitative estimate of drug-likeness (QED) is 0.655. The Balaban J connectivity index is 2.11. The van der Waals surface area contributed by atoms with Crippen LogP contribution in [0.25, 0.3) is 0 Å². The van der Waals surface area contributed by atoms with Crippen molar-refractivity contribution in [3.05, 3.63) is 69.8 Å². The first kappa shape index (κ1) is 16.0. The zero-order chi connectivity index (χ0) is 16.1. The molecule has 2 rings (SSSR count). The SMILES string of the molecule is CCN(CC(O)c1ccc([N+](=O)[O-])cc1)c1cccc(C)c1. The van der Waals surface area contributed by atoms with Gasteiger partial charge in [0.25, 0.3) is 5.69 Å². The second-order valence-electron chi connectivity index (χ2n) is 5.24. The predicted octanol–water partition coefficient (Wildman–Crippen LogP) is 3.46. The Morgan fingerprint density at radius 3 is 2.45 bits per heavy atom. The number of benzene rings is 2. The van der Waals surface area contributed by atoms with Gasteiger partial charge in [-0.05, 0) is 49.2 Å². The van der Waals surface area contributed by atoms with Gasteiger partial charge in [0.05, 0.1) is 11.0 Å². The van der Waals surface area contributed by atoms with Crippen LogP contribution in [-0.4, -0.2) is 23.1 Å². The molecule has 2 aromatic carbocycles. The van der Waals surface area contributed by atoms with E-state index in [2.05, 4.69) is 11.0 Å². The van der Waals surface area contributed by atoms with Gasteiger partial charge in [-0.2, -0.15) is 0 Å². The molecule has 0 aromatic heterocycles. The highest BCUT2D eigenvalue weighted by Gasteiger charge is 2.14. The third kappa shape index (κ3) is 3.83. The van der Waals surface area contributed by atoms with Crippen LogP contribution in [-0.2, 0) is 0 Å². The van der Waals surface area contributed by atoms with Crippen molar-refractivity contribution in [3.8, 4) is 0 Å². The molecule has 5 nitrogen and oxygen atoms in total. The molecule has 2 aromatic rings. The fraction of sp³-hybridized carbons (Fsp3) is 0.294. The van der Waals surface area contributed by atoms with Crippen LogP contribution in [0.4, 0.5) is 11.4 Å². The Morgan fingerprint density at radius 1 is 1.23 bits per heavy atom. The molecule has 0 heterocycles. The first-order valence-corrected chi connectivity index (χ1v) is 7.25. The van der Waals surface area contributed by atoms with Crippen LogP contribution >= 0.6 is 0 Å². The maximum absolute atomic E-state index is 10.7. The van der Waals surface area contributed by atoms with Crippen LogP contribution in [0.2, 0.25) is 0 Å². The summed E-state index contributed by atoms with van der Waals surface area (Å²) in [5.74, 6) is 0. The fourth-order valence-corrected chi connectivity index (χ4v) is 2.37. The molecule has 5 heteroatoms. The van der Waals surface area contributed by atoms with Gasteiger partial charge >= 0.3 is 0 Å². The summed E-state index contributed by atoms with van der Waals surface area (Å²) in [7, 11) is 0. The lowest BCUT2D eigenvalue weighted by molar-refractivity contribution is -0.384. The number of hydrogen-bond donors (Lipinski definition) is 1. The Hall–Kier alpha value is -2.40. The van der Waals surface area contributed by atoms with E-state index in [1.54, 1.807) is 12.1 Å². The van der Waals surface area contributed by atoms with E-state index in [1.807, 2.05) is 32.0 Å². The van der Waals surface area contributed by atoms with Gasteiger partial charge in [0.2, 0.25) is 0 Å². The summed E-state index contributed by atoms with van der Waals surface area (Å²) >= 11 is 0. The third-order valence-electron chi connectivity index (χ3n) is 3.63. The van der Waals surface area contributed by atoms with Crippen LogP contribution in [0.5, 0.6) is 0 Å². The number of nitro benzene ring substituents is 1. The molecule has 0 aliphatic rings. The molecule has 0 fully saturated rings. The van der Waals surface area contributed by atoms with Crippen molar-refractivity contribution in [2.45, 2.75) is 20.0 Å². The van der Waals surface area contributed by atoms with E-state index < -0.39 is 11.0 Å². The molecule has 22 heavy (non-hydrogen) atoms. The standard InChI is InChI=1S/C17H20N2O3/c1-3-18(16-6-4-5-13(2)11-16)12-17(20)14-7-9-15(10-8-14)19(21)22/h4-11,17,20H,3,12H2,1-2H3. The van der Waals surface area contributed by atoms with Crippen molar-refractivity contribution in [1.29, 1.82) is 0 Å². The summed E-state index contributed by atoms with van der Waals surface area (Å²) in [6.45, 7) is 5.28. The second kappa shape index (κ2) is 7.04. The van der Waals surface area contributed by atoms with Crippen LogP contribution in [0, 0.1) is 17.0 Å². The number of nitrogens with zero attached hydrogens (tertiary/aromatic N) is 2. The number of hydrogen-bond acceptors (Lipinski definition) is 4. The lowest BCUT2D eigenvalue weighted by atomic mass is 10.1. The highest BCUT2D eigenvalue weighted by atomic mass is 16.6. The Bertz CT molecular complexity index is 641. The van der Waals surface area contributed by atoms with E-state index >= 15 is 0 Å². The van der Waals surface area contributed by atoms with Crippen LogP contribution in [0.3, 0.4) is 0 Å². The van der Waals surface area contributed by atoms with E-state index in [0.29, 0.717) is 12.1 Å². The van der Waals surface area contributed by atoms with Gasteiger partial charge in [0, 0.05) is 30.9 Å². The average Bonchev–Trinajstić information content (AvgIpc) is 2.52. The van der Waals surface area contributed by atoms with Crippen LogP contribution in [0.1, 0.15) is 24.2 Å². The fourth-order valence-electron chi connectivity index (χ4n) is 2.37. The maximum atomic E-state index is 10.7. The topological polar surface area (TPSA) is 66.6 Å². The number of aliphatic hydroxyl groups excluding tert-OH is 1. The lowest BCUT2D eigenvalue weighted by Crippen LogP contribution is -2.28. The van der Waals surface area contributed by atoms with Gasteiger partial charge in [-0.15, -0.1) is 0 Å². The van der Waals surface area contributed by atoms with E-state index in [9.17, 15) is 15.2 Å². The van der Waals surface area contributed by atoms with Gasteiger partial charge in [-0.25, -0.2) is 0 Å². The molecule has 116 valence electrons. The minimum absolute atomic E-state index is 0.0296. The highest BCUT2D eigenvalue weighted by Crippen LogP contribution is 2.22. The van der Waals surface area contributed by atoms with Gasteiger partial charge in [0.1, 0.15) is 0 Å². The van der Waals surface area contributed by atoms with Gasteiger partial charge in [-0.1, -0.05) is 12.1 Å². The molecule has 0 aliphatic heterocycles. The molecule has 0 aliphatic carbocycles. The smallest absolute Gasteiger partial charge is 0.269 e. The summed E-state index contributed by atoms with van der Waals surface area (Å²) < 4.78 is 0. The molecule has 0 amide bonds. The normalized spacial score (nSPS) is 12.0. The molecular formula is C17H20N2O3. The number of likely N-dealkylation sites (N-methyl/N-ethyl adjacent to an activating group) is 1. The number of nitro groups is 1. The summed E-state index contributed by atoms with van der Waals surface area (Å²) in [6.07, 6.45) is -0.693. The Kier molecular flexibility index (Phi) is 5.12. The first-order valence-electron chi connectivity index (χ1n) is 7.25. The summed E-state index contributed by atoms with van der Waals surface area (Å²) in [5.41, 5.74) is 2.93. The minimum atomic E-state index is -0.693. The van der Waals surface area contributed by atoms with Crippen molar-refractivity contribution in [3.63, 3.8) is 0 Å². The third-order valence-corrected chi connectivity index (χ3v) is 3.63. The van der Waals surface area contributed by atoms with E-state index in [0.717, 1.165) is 12.2 Å². The Morgan fingerprint density at radius 2 is 1.91 bits per heavy atom. The molecular weight excluding hydrogens is 280 g/mol. The zero-order valence-electron chi connectivity index (χ0n) is 12.8. The van der Waals surface area contributed by atoms with Gasteiger partial charge < -0.3 is 10.0 Å². The molecule has 0 spiro atoms. The number of rotatable bonds is 6. The van der Waals surface area contributed by atoms with E-state index in [-0.39, 0.29) is 5.69 Å². The number of aliphatic hydroxyl groups is 1. The van der Waals surface area contributed by atoms with Crippen molar-refractivity contribution in [2.75, 3.05) is 18.0 Å². The van der Waals surface area contributed by atoms with Crippen molar-refractivity contribution in [1.82, 2.24) is 0 Å². The van der Waals surface area contributed by atoms with Crippen molar-refractivity contribution in [2.24, 2.45) is 0 Å². The summed E-state index contributed by atoms with van der Waals surface area (Å²) in [5, 5.41) is 21.0. The van der Waals surface area contributed by atoms with Gasteiger partial charge in [-0.3, -0.25) is 10.1 Å². The minimum Gasteiger partial charge on any atom is -0.387 e. The molecule has 0 bridgehead atoms.